The smallest absolute Gasteiger partial charge is 0.221 e. The first kappa shape index (κ1) is 31.7. The average molecular weight is 890 g/mol. The van der Waals surface area contributed by atoms with Gasteiger partial charge in [0.15, 0.2) is 23.1 Å². The molecular weight excluding hydrogens is 873 g/mol. The third-order valence-electron chi connectivity index (χ3n) is 4.88. The molecule has 0 spiro atoms. The molecule has 0 aliphatic carbocycles. The van der Waals surface area contributed by atoms with Crippen molar-refractivity contribution < 1.29 is 27.0 Å². The minimum Gasteiger partial charge on any atom is -0.436 e. The lowest BCUT2D eigenvalue weighted by molar-refractivity contribution is 0.424. The third-order valence-corrected chi connectivity index (χ3v) is 5.71. The van der Waals surface area contributed by atoms with Gasteiger partial charge < -0.3 is 9.47 Å². The highest BCUT2D eigenvalue weighted by molar-refractivity contribution is 15.0. The van der Waals surface area contributed by atoms with Crippen LogP contribution in [-0.4, -0.2) is 30.4 Å². The van der Waals surface area contributed by atoms with E-state index in [2.05, 4.69) is 90.2 Å². The van der Waals surface area contributed by atoms with Crippen LogP contribution in [-0.2, 0) is 0 Å². The standard InChI is InChI=1S/C12H6F2IN3O.C12H7F2N3O.CH4.I2/c13-6-1-2-10(8(14)3-6)19-11-4-9-7(5-16-11)12(15)18-17-9;13-8-1-2-11(9(14)3-8)18-12-4-10-7(5-15-12)6-16-17-10;;1-2/h1-5H,(H,17,18);1-6H,(H,16,17);1H4;. The van der Waals surface area contributed by atoms with Crippen LogP contribution < -0.4 is 9.47 Å². The maximum absolute atomic E-state index is 13.4. The van der Waals surface area contributed by atoms with Gasteiger partial charge in [0.25, 0.3) is 0 Å². The second-order valence-corrected chi connectivity index (χ2v) is 8.49. The molecular formula is C25H17F4I3N6O2. The molecule has 15 heteroatoms. The number of pyridine rings is 2. The van der Waals surface area contributed by atoms with Gasteiger partial charge in [-0.15, -0.1) is 0 Å². The Morgan fingerprint density at radius 2 is 1.27 bits per heavy atom. The van der Waals surface area contributed by atoms with Crippen LogP contribution in [0.4, 0.5) is 17.6 Å². The summed E-state index contributed by atoms with van der Waals surface area (Å²) in [6, 6.07) is 9.34. The highest BCUT2D eigenvalue weighted by Gasteiger charge is 2.10. The number of nitrogens with one attached hydrogen (secondary N) is 2. The van der Waals surface area contributed by atoms with Crippen LogP contribution in [0.15, 0.2) is 67.1 Å². The molecule has 0 unspecified atom stereocenters. The number of nitrogens with zero attached hydrogens (tertiary/aromatic N) is 4. The summed E-state index contributed by atoms with van der Waals surface area (Å²) in [4.78, 5) is 8.05. The number of aromatic nitrogens is 6. The Bertz CT molecular complexity index is 1730. The maximum Gasteiger partial charge on any atom is 0.221 e. The van der Waals surface area contributed by atoms with Crippen molar-refractivity contribution in [2.45, 2.75) is 7.43 Å². The van der Waals surface area contributed by atoms with Crippen molar-refractivity contribution in [2.24, 2.45) is 0 Å². The summed E-state index contributed by atoms with van der Waals surface area (Å²) in [5.74, 6) is -2.63. The van der Waals surface area contributed by atoms with Crippen LogP contribution >= 0.6 is 59.8 Å². The molecule has 40 heavy (non-hydrogen) atoms. The Balaban J connectivity index is 0.000000203. The number of aromatic amines is 2. The van der Waals surface area contributed by atoms with Crippen molar-refractivity contribution >= 4 is 81.6 Å². The molecule has 0 radical (unpaired) electrons. The lowest BCUT2D eigenvalue weighted by atomic mass is 10.3. The number of H-pyrrole nitrogens is 2. The molecule has 0 bridgehead atoms. The number of rotatable bonds is 4. The molecule has 2 aromatic carbocycles. The van der Waals surface area contributed by atoms with E-state index in [4.69, 9.17) is 9.47 Å². The van der Waals surface area contributed by atoms with E-state index in [1.54, 1.807) is 30.7 Å². The fraction of sp³-hybridized carbons (Fsp3) is 0.0400. The average Bonchev–Trinajstić information content (AvgIpc) is 3.55. The minimum atomic E-state index is -0.779. The Kier molecular flexibility index (Phi) is 11.7. The van der Waals surface area contributed by atoms with Gasteiger partial charge in [-0.25, -0.2) is 27.5 Å². The fourth-order valence-corrected chi connectivity index (χ4v) is 3.66. The molecule has 0 saturated carbocycles. The van der Waals surface area contributed by atoms with Crippen LogP contribution in [0.1, 0.15) is 7.43 Å². The van der Waals surface area contributed by atoms with Crippen LogP contribution in [0, 0.1) is 27.0 Å². The van der Waals surface area contributed by atoms with Gasteiger partial charge in [-0.1, -0.05) is 7.43 Å². The van der Waals surface area contributed by atoms with E-state index in [0.29, 0.717) is 5.52 Å². The molecule has 0 aliphatic rings. The molecule has 4 aromatic heterocycles. The second-order valence-electron chi connectivity index (χ2n) is 7.41. The van der Waals surface area contributed by atoms with Crippen LogP contribution in [0.2, 0.25) is 0 Å². The van der Waals surface area contributed by atoms with Crippen molar-refractivity contribution in [3.8, 4) is 23.3 Å². The van der Waals surface area contributed by atoms with Gasteiger partial charge >= 0.3 is 0 Å². The SMILES string of the molecule is C.Fc1ccc(Oc2cc3[nH]ncc3cn2)c(F)c1.Fc1ccc(Oc2cc3n[nH]c(I)c3cn2)c(F)c1.II. The van der Waals surface area contributed by atoms with Crippen molar-refractivity contribution in [2.75, 3.05) is 0 Å². The fourth-order valence-electron chi connectivity index (χ4n) is 3.13. The molecule has 0 atom stereocenters. The predicted octanol–water partition coefficient (Wildman–Crippen LogP) is 9.07. The summed E-state index contributed by atoms with van der Waals surface area (Å²) in [5, 5.41) is 15.1. The first-order chi connectivity index (χ1) is 18.9. The van der Waals surface area contributed by atoms with Crippen LogP contribution in [0.3, 0.4) is 0 Å². The zero-order chi connectivity index (χ0) is 27.9. The Hall–Kier alpha value is -2.81. The van der Waals surface area contributed by atoms with Crippen LogP contribution in [0.5, 0.6) is 23.3 Å². The van der Waals surface area contributed by atoms with Gasteiger partial charge in [-0.3, -0.25) is 10.2 Å². The molecule has 0 fully saturated rings. The van der Waals surface area contributed by atoms with Gasteiger partial charge in [0, 0.05) is 79.3 Å². The second kappa shape index (κ2) is 14.7. The highest BCUT2D eigenvalue weighted by Crippen LogP contribution is 2.27. The molecule has 6 rings (SSSR count). The number of ether oxygens (including phenoxy) is 2. The normalized spacial score (nSPS) is 10.2. The molecule has 0 aliphatic heterocycles. The number of hydrogen-bond acceptors (Lipinski definition) is 6. The van der Waals surface area contributed by atoms with E-state index in [9.17, 15) is 17.6 Å². The summed E-state index contributed by atoms with van der Waals surface area (Å²) in [7, 11) is 0. The molecule has 208 valence electrons. The first-order valence-corrected chi connectivity index (χ1v) is 17.9. The van der Waals surface area contributed by atoms with Crippen molar-refractivity contribution in [1.29, 1.82) is 0 Å². The number of hydrogen-bond donors (Lipinski definition) is 2. The largest absolute Gasteiger partial charge is 0.436 e. The van der Waals surface area contributed by atoms with Crippen LogP contribution in [0.25, 0.3) is 21.8 Å². The van der Waals surface area contributed by atoms with Gasteiger partial charge in [0.05, 0.1) is 17.1 Å². The molecule has 0 saturated heterocycles. The first-order valence-electron chi connectivity index (χ1n) is 10.5. The summed E-state index contributed by atoms with van der Waals surface area (Å²) in [6.45, 7) is 0. The Morgan fingerprint density at radius 3 is 1.88 bits per heavy atom. The van der Waals surface area contributed by atoms with Crippen molar-refractivity contribution in [1.82, 2.24) is 30.4 Å². The minimum absolute atomic E-state index is 0. The van der Waals surface area contributed by atoms with Gasteiger partial charge in [0.1, 0.15) is 20.9 Å². The molecule has 8 nitrogen and oxygen atoms in total. The number of benzene rings is 2. The number of halogens is 7. The van der Waals surface area contributed by atoms with Crippen molar-refractivity contribution in [3.05, 3.63) is 94.1 Å². The van der Waals surface area contributed by atoms with E-state index >= 15 is 0 Å². The lowest BCUT2D eigenvalue weighted by Gasteiger charge is -2.05. The summed E-state index contributed by atoms with van der Waals surface area (Å²) >= 11 is 6.34. The summed E-state index contributed by atoms with van der Waals surface area (Å²) in [5.41, 5.74) is 1.39. The topological polar surface area (TPSA) is 102 Å². The lowest BCUT2D eigenvalue weighted by Crippen LogP contribution is -1.91. The van der Waals surface area contributed by atoms with E-state index < -0.39 is 23.3 Å². The van der Waals surface area contributed by atoms with Gasteiger partial charge in [0.2, 0.25) is 11.8 Å². The van der Waals surface area contributed by atoms with E-state index in [-0.39, 0.29) is 30.7 Å². The zero-order valence-electron chi connectivity index (χ0n) is 19.1. The predicted molar refractivity (Wildman–Crippen MR) is 168 cm³/mol. The Labute approximate surface area is 261 Å². The molecule has 2 N–H and O–H groups in total. The third kappa shape index (κ3) is 7.89. The molecule has 4 heterocycles. The molecule has 6 aromatic rings. The summed E-state index contributed by atoms with van der Waals surface area (Å²) < 4.78 is 63.7. The van der Waals surface area contributed by atoms with Gasteiger partial charge in [-0.2, -0.15) is 10.2 Å². The monoisotopic (exact) mass is 890 g/mol. The van der Waals surface area contributed by atoms with Crippen molar-refractivity contribution in [3.63, 3.8) is 0 Å². The summed E-state index contributed by atoms with van der Waals surface area (Å²) in [6.07, 6.45) is 4.75. The Morgan fingerprint density at radius 1 is 0.700 bits per heavy atom. The maximum atomic E-state index is 13.4. The van der Waals surface area contributed by atoms with E-state index in [1.165, 1.54) is 12.1 Å². The van der Waals surface area contributed by atoms with E-state index in [1.807, 2.05) is 0 Å². The zero-order valence-corrected chi connectivity index (χ0v) is 25.6. The van der Waals surface area contributed by atoms with E-state index in [0.717, 1.165) is 44.3 Å². The molecule has 0 amide bonds. The number of fused-ring (bicyclic) bond motifs is 2. The van der Waals surface area contributed by atoms with Gasteiger partial charge in [-0.05, 0) is 46.9 Å². The quantitative estimate of drug-likeness (QED) is 0.135. The highest BCUT2D eigenvalue weighted by atomic mass is 128.